The van der Waals surface area contributed by atoms with Gasteiger partial charge in [-0.05, 0) is 47.4 Å². The molecule has 1 aliphatic rings. The third-order valence-corrected chi connectivity index (χ3v) is 6.86. The monoisotopic (exact) mass is 482 g/mol. The molecule has 0 saturated carbocycles. The minimum Gasteiger partial charge on any atom is -0.382 e. The molecule has 10 heteroatoms. The highest BCUT2D eigenvalue weighted by atomic mass is 32.2. The van der Waals surface area contributed by atoms with Gasteiger partial charge >= 0.3 is 10.1 Å². The predicted molar refractivity (Wildman–Crippen MR) is 126 cm³/mol. The molecule has 0 fully saturated rings. The number of guanidine groups is 1. The molecule has 0 aliphatic carbocycles. The molecular formula is C24H23FN4O4S. The largest absolute Gasteiger partial charge is 0.382 e. The topological polar surface area (TPSA) is 115 Å². The maximum absolute atomic E-state index is 13.7. The van der Waals surface area contributed by atoms with Gasteiger partial charge in [-0.25, -0.2) is 9.38 Å². The second kappa shape index (κ2) is 8.86. The van der Waals surface area contributed by atoms with Gasteiger partial charge in [0.2, 0.25) is 0 Å². The van der Waals surface area contributed by atoms with Gasteiger partial charge in [0, 0.05) is 18.8 Å². The summed E-state index contributed by atoms with van der Waals surface area (Å²) in [5.41, 5.74) is 6.69. The van der Waals surface area contributed by atoms with Gasteiger partial charge in [-0.1, -0.05) is 37.3 Å². The fourth-order valence-electron chi connectivity index (χ4n) is 3.87. The lowest BCUT2D eigenvalue weighted by Crippen LogP contribution is -2.41. The Kier molecular flexibility index (Phi) is 6.09. The van der Waals surface area contributed by atoms with E-state index in [2.05, 4.69) is 9.98 Å². The highest BCUT2D eigenvalue weighted by Crippen LogP contribution is 2.41. The number of aromatic nitrogens is 1. The van der Waals surface area contributed by atoms with Crippen molar-refractivity contribution < 1.29 is 21.8 Å². The van der Waals surface area contributed by atoms with Crippen LogP contribution in [-0.2, 0) is 20.5 Å². The highest BCUT2D eigenvalue weighted by Gasteiger charge is 2.49. The summed E-state index contributed by atoms with van der Waals surface area (Å²) in [4.78, 5) is 23.2. The summed E-state index contributed by atoms with van der Waals surface area (Å²) in [6.45, 7) is 1.74. The van der Waals surface area contributed by atoms with Crippen LogP contribution < -0.4 is 9.92 Å². The van der Waals surface area contributed by atoms with Crippen LogP contribution in [0.4, 0.5) is 4.39 Å². The molecule has 8 nitrogen and oxygen atoms in total. The Labute approximate surface area is 197 Å². The maximum Gasteiger partial charge on any atom is 0.309 e. The average Bonchev–Trinajstić information content (AvgIpc) is 3.04. The van der Waals surface area contributed by atoms with Crippen molar-refractivity contribution in [2.24, 2.45) is 10.7 Å². The van der Waals surface area contributed by atoms with E-state index in [0.717, 1.165) is 6.20 Å². The summed E-state index contributed by atoms with van der Waals surface area (Å²) in [5.74, 6) is -0.807. The summed E-state index contributed by atoms with van der Waals surface area (Å²) in [6, 6.07) is 14.5. The number of amides is 1. The zero-order chi connectivity index (χ0) is 24.5. The normalized spacial score (nSPS) is 18.1. The highest BCUT2D eigenvalue weighted by molar-refractivity contribution is 7.87. The van der Waals surface area contributed by atoms with Crippen LogP contribution in [-0.4, -0.2) is 43.0 Å². The number of nitrogens with zero attached hydrogens (tertiary/aromatic N) is 3. The van der Waals surface area contributed by atoms with Crippen molar-refractivity contribution in [1.82, 2.24) is 9.88 Å². The summed E-state index contributed by atoms with van der Waals surface area (Å²) < 4.78 is 42.9. The minimum atomic E-state index is -3.71. The molecule has 2 aromatic carbocycles. The number of rotatable bonds is 7. The van der Waals surface area contributed by atoms with Gasteiger partial charge in [-0.15, -0.1) is 0 Å². The molecule has 176 valence electrons. The average molecular weight is 483 g/mol. The van der Waals surface area contributed by atoms with Crippen LogP contribution in [0.15, 0.2) is 72.0 Å². The summed E-state index contributed by atoms with van der Waals surface area (Å²) in [5, 5.41) is 0. The molecule has 1 aromatic heterocycles. The zero-order valence-electron chi connectivity index (χ0n) is 18.6. The molecule has 0 bridgehead atoms. The Morgan fingerprint density at radius 1 is 1.06 bits per heavy atom. The maximum atomic E-state index is 13.7. The number of carbonyl (C=O) groups excluding carboxylic acids is 1. The second-order valence-corrected chi connectivity index (χ2v) is 9.58. The van der Waals surface area contributed by atoms with Crippen molar-refractivity contribution in [3.8, 4) is 16.9 Å². The molecule has 2 N–H and O–H groups in total. The van der Waals surface area contributed by atoms with E-state index in [1.807, 2.05) is 0 Å². The van der Waals surface area contributed by atoms with E-state index in [1.165, 1.54) is 36.3 Å². The summed E-state index contributed by atoms with van der Waals surface area (Å²) >= 11 is 0. The lowest BCUT2D eigenvalue weighted by molar-refractivity contribution is -0.129. The van der Waals surface area contributed by atoms with Crippen LogP contribution in [0, 0.1) is 5.82 Å². The Morgan fingerprint density at radius 2 is 1.79 bits per heavy atom. The van der Waals surface area contributed by atoms with Crippen molar-refractivity contribution in [1.29, 1.82) is 0 Å². The second-order valence-electron chi connectivity index (χ2n) is 7.89. The van der Waals surface area contributed by atoms with Crippen molar-refractivity contribution in [2.75, 3.05) is 12.8 Å². The number of pyridine rings is 1. The first-order valence-electron chi connectivity index (χ1n) is 10.5. The number of benzene rings is 2. The lowest BCUT2D eigenvalue weighted by Gasteiger charge is -2.26. The molecule has 1 atom stereocenters. The van der Waals surface area contributed by atoms with Gasteiger partial charge in [0.05, 0.1) is 11.9 Å². The molecular weight excluding hydrogens is 459 g/mol. The first-order chi connectivity index (χ1) is 16.2. The van der Waals surface area contributed by atoms with Crippen molar-refractivity contribution in [2.45, 2.75) is 18.9 Å². The van der Waals surface area contributed by atoms with Gasteiger partial charge in [-0.2, -0.15) is 8.42 Å². The Hall–Kier alpha value is -3.79. The van der Waals surface area contributed by atoms with Crippen molar-refractivity contribution in [3.05, 3.63) is 83.9 Å². The van der Waals surface area contributed by atoms with Crippen LogP contribution in [0.5, 0.6) is 5.75 Å². The Morgan fingerprint density at radius 3 is 2.41 bits per heavy atom. The predicted octanol–water partition coefficient (Wildman–Crippen LogP) is 3.04. The third-order valence-electron chi connectivity index (χ3n) is 5.51. The van der Waals surface area contributed by atoms with Crippen LogP contribution >= 0.6 is 0 Å². The molecule has 0 spiro atoms. The molecule has 0 radical (unpaired) electrons. The van der Waals surface area contributed by atoms with E-state index in [-0.39, 0.29) is 23.4 Å². The van der Waals surface area contributed by atoms with Crippen LogP contribution in [0.1, 0.15) is 24.5 Å². The van der Waals surface area contributed by atoms with Gasteiger partial charge in [0.1, 0.15) is 11.6 Å². The lowest BCUT2D eigenvalue weighted by atomic mass is 9.82. The number of nitrogens with two attached hydrogens (primary N) is 1. The van der Waals surface area contributed by atoms with Gasteiger partial charge in [0.25, 0.3) is 5.91 Å². The number of carbonyl (C=O) groups is 1. The van der Waals surface area contributed by atoms with Crippen LogP contribution in [0.2, 0.25) is 0 Å². The molecule has 4 rings (SSSR count). The number of aliphatic imine (C=N–C) groups is 1. The van der Waals surface area contributed by atoms with E-state index in [0.29, 0.717) is 28.7 Å². The first-order valence-corrected chi connectivity index (χ1v) is 12.1. The van der Waals surface area contributed by atoms with E-state index < -0.39 is 21.5 Å². The van der Waals surface area contributed by atoms with E-state index in [1.54, 1.807) is 43.3 Å². The number of halogens is 1. The quantitative estimate of drug-likeness (QED) is 0.518. The molecule has 2 heterocycles. The van der Waals surface area contributed by atoms with E-state index in [9.17, 15) is 17.6 Å². The SMILES string of the molecule is CCCS(=O)(=O)Oc1ccc(C2(c3cccc(-c4cncc(F)c4)c3)N=C(N)N(C)C2=O)cc1. The number of hydrogen-bond donors (Lipinski definition) is 1. The van der Waals surface area contributed by atoms with Crippen molar-refractivity contribution in [3.63, 3.8) is 0 Å². The Bertz CT molecular complexity index is 1380. The number of hydrogen-bond acceptors (Lipinski definition) is 7. The van der Waals surface area contributed by atoms with Crippen LogP contribution in [0.3, 0.4) is 0 Å². The Balaban J connectivity index is 1.81. The molecule has 1 amide bonds. The van der Waals surface area contributed by atoms with Gasteiger partial charge in [0.15, 0.2) is 11.5 Å². The van der Waals surface area contributed by atoms with Crippen molar-refractivity contribution >= 4 is 22.0 Å². The molecule has 1 aliphatic heterocycles. The van der Waals surface area contributed by atoms with E-state index >= 15 is 0 Å². The van der Waals surface area contributed by atoms with Crippen LogP contribution in [0.25, 0.3) is 11.1 Å². The summed E-state index contributed by atoms with van der Waals surface area (Å²) in [7, 11) is -2.19. The third kappa shape index (κ3) is 4.24. The molecule has 34 heavy (non-hydrogen) atoms. The molecule has 1 unspecified atom stereocenters. The van der Waals surface area contributed by atoms with Gasteiger partial charge < -0.3 is 9.92 Å². The standard InChI is InChI=1S/C24H23FN4O4S/c1-3-11-34(31,32)33-21-9-7-18(8-10-21)24(22(30)29(2)23(26)28-24)19-6-4-5-16(12-19)17-13-20(25)15-27-14-17/h4-10,12-15H,3,11H2,1-2H3,(H2,26,28). The van der Waals surface area contributed by atoms with E-state index in [4.69, 9.17) is 9.92 Å². The molecule has 3 aromatic rings. The first kappa shape index (κ1) is 23.4. The number of likely N-dealkylation sites (N-methyl/N-ethyl adjacent to an activating group) is 1. The fourth-order valence-corrected chi connectivity index (χ4v) is 4.86. The summed E-state index contributed by atoms with van der Waals surface area (Å²) in [6.07, 6.45) is 3.06. The minimum absolute atomic E-state index is 0.0358. The molecule has 0 saturated heterocycles. The van der Waals surface area contributed by atoms with Gasteiger partial charge in [-0.3, -0.25) is 14.7 Å². The fraction of sp³-hybridized carbons (Fsp3) is 0.208. The smallest absolute Gasteiger partial charge is 0.309 e. The zero-order valence-corrected chi connectivity index (χ0v) is 19.4.